The van der Waals surface area contributed by atoms with E-state index in [0.29, 0.717) is 11.2 Å². The summed E-state index contributed by atoms with van der Waals surface area (Å²) in [6.07, 6.45) is -2.14. The molecule has 3 N–H and O–H groups in total. The molecule has 4 atom stereocenters. The van der Waals surface area contributed by atoms with E-state index in [1.807, 2.05) is 0 Å². The quantitative estimate of drug-likeness (QED) is 0.378. The van der Waals surface area contributed by atoms with Crippen LogP contribution in [0.3, 0.4) is 0 Å². The minimum absolute atomic E-state index is 0. The van der Waals surface area contributed by atoms with Gasteiger partial charge in [0, 0.05) is 0 Å². The predicted octanol–water partition coefficient (Wildman–Crippen LogP) is -8.05. The SMILES string of the molecule is C[C@H]1O[C@@H](n2cnc3c(N)ncnc32)[C@H](O)[C@H]1OCP(=O)([O-])[O-].[Na+].[Na+]. The second kappa shape index (κ2) is 9.05. The van der Waals surface area contributed by atoms with Gasteiger partial charge in [-0.05, 0) is 14.5 Å². The molecule has 2 aromatic rings. The number of nitrogens with two attached hydrogens (primary N) is 1. The van der Waals surface area contributed by atoms with Crippen molar-refractivity contribution in [3.63, 3.8) is 0 Å². The van der Waals surface area contributed by atoms with Gasteiger partial charge in [-0.25, -0.2) is 15.0 Å². The zero-order chi connectivity index (χ0) is 16.8. The van der Waals surface area contributed by atoms with Crippen LogP contribution >= 0.6 is 7.60 Å². The molecule has 126 valence electrons. The van der Waals surface area contributed by atoms with Crippen LogP contribution < -0.4 is 74.6 Å². The number of nitrogen functional groups attached to an aromatic ring is 1. The smallest absolute Gasteiger partial charge is 0.809 e. The summed E-state index contributed by atoms with van der Waals surface area (Å²) < 4.78 is 22.8. The molecule has 25 heavy (non-hydrogen) atoms. The molecular formula is C11H14N5Na2O6P. The van der Waals surface area contributed by atoms with Gasteiger partial charge in [0.1, 0.15) is 24.1 Å². The number of fused-ring (bicyclic) bond motifs is 1. The van der Waals surface area contributed by atoms with Crippen LogP contribution in [0.4, 0.5) is 5.82 Å². The fourth-order valence-corrected chi connectivity index (χ4v) is 2.87. The van der Waals surface area contributed by atoms with Gasteiger partial charge >= 0.3 is 59.1 Å². The monoisotopic (exact) mass is 389 g/mol. The molecule has 11 nitrogen and oxygen atoms in total. The van der Waals surface area contributed by atoms with Gasteiger partial charge in [0.2, 0.25) is 0 Å². The van der Waals surface area contributed by atoms with Gasteiger partial charge in [-0.15, -0.1) is 0 Å². The van der Waals surface area contributed by atoms with Crippen LogP contribution in [0.2, 0.25) is 0 Å². The van der Waals surface area contributed by atoms with E-state index in [1.54, 1.807) is 6.92 Å². The zero-order valence-electron chi connectivity index (χ0n) is 14.0. The largest absolute Gasteiger partial charge is 1.00 e. The van der Waals surface area contributed by atoms with Crippen LogP contribution in [0.15, 0.2) is 12.7 Å². The average molecular weight is 389 g/mol. The maximum absolute atomic E-state index is 10.7. The predicted molar refractivity (Wildman–Crippen MR) is 72.7 cm³/mol. The van der Waals surface area contributed by atoms with Crippen molar-refractivity contribution in [2.75, 3.05) is 12.1 Å². The second-order valence-electron chi connectivity index (χ2n) is 5.18. The fourth-order valence-electron chi connectivity index (χ4n) is 2.52. The van der Waals surface area contributed by atoms with Gasteiger partial charge in [0.15, 0.2) is 17.7 Å². The molecule has 0 amide bonds. The van der Waals surface area contributed by atoms with Gasteiger partial charge in [0.25, 0.3) is 0 Å². The first-order chi connectivity index (χ1) is 10.8. The summed E-state index contributed by atoms with van der Waals surface area (Å²) in [7, 11) is -4.84. The third-order valence-electron chi connectivity index (χ3n) is 3.53. The number of aromatic nitrogens is 4. The Morgan fingerprint density at radius 1 is 1.40 bits per heavy atom. The Kier molecular flexibility index (Phi) is 8.48. The normalized spacial score (nSPS) is 26.2. The molecule has 1 fully saturated rings. The van der Waals surface area contributed by atoms with Gasteiger partial charge in [-0.1, -0.05) is 0 Å². The first kappa shape index (κ1) is 23.4. The van der Waals surface area contributed by atoms with E-state index in [9.17, 15) is 19.5 Å². The third-order valence-corrected chi connectivity index (χ3v) is 4.00. The number of anilines is 1. The molecule has 3 heterocycles. The Hall–Kier alpha value is 0.380. The third kappa shape index (κ3) is 5.01. The minimum Gasteiger partial charge on any atom is -0.809 e. The van der Waals surface area contributed by atoms with Crippen molar-refractivity contribution in [2.24, 2.45) is 0 Å². The van der Waals surface area contributed by atoms with E-state index in [1.165, 1.54) is 17.2 Å². The first-order valence-electron chi connectivity index (χ1n) is 6.67. The molecule has 1 aliphatic heterocycles. The van der Waals surface area contributed by atoms with Gasteiger partial charge in [0.05, 0.1) is 18.8 Å². The Balaban J connectivity index is 0.00000156. The molecule has 3 rings (SSSR count). The molecule has 0 aliphatic carbocycles. The Labute approximate surface area is 187 Å². The van der Waals surface area contributed by atoms with Crippen molar-refractivity contribution < 1.29 is 88.0 Å². The number of ether oxygens (including phenoxy) is 2. The fraction of sp³-hybridized carbons (Fsp3) is 0.545. The summed E-state index contributed by atoms with van der Waals surface area (Å²) in [5.41, 5.74) is 6.40. The molecule has 1 saturated heterocycles. The van der Waals surface area contributed by atoms with Crippen LogP contribution in [0.5, 0.6) is 0 Å². The number of imidazole rings is 1. The van der Waals surface area contributed by atoms with Gasteiger partial charge in [-0.2, -0.15) is 0 Å². The number of aliphatic hydroxyl groups excluding tert-OH is 1. The molecule has 0 saturated carbocycles. The summed E-state index contributed by atoms with van der Waals surface area (Å²) in [6, 6.07) is 0. The van der Waals surface area contributed by atoms with Crippen molar-refractivity contribution in [2.45, 2.75) is 31.5 Å². The molecule has 2 aromatic heterocycles. The zero-order valence-corrected chi connectivity index (χ0v) is 18.9. The standard InChI is InChI=1S/C11H16N5O6P.2Na/c1-5-8(21-4-23(18,19)20)7(17)11(22-5)16-3-15-6-9(12)13-2-14-10(6)16;;/h2-3,5,7-8,11,17H,4H2,1H3,(H2,12,13,14)(H2,18,19,20);;/q;2*+1/p-2/t5-,7-,8+,11-;;/m1../s1. The molecule has 0 bridgehead atoms. The molecule has 1 aliphatic rings. The van der Waals surface area contributed by atoms with E-state index in [4.69, 9.17) is 15.2 Å². The minimum atomic E-state index is -4.84. The Bertz CT molecular complexity index is 772. The number of rotatable bonds is 4. The van der Waals surface area contributed by atoms with Crippen molar-refractivity contribution in [3.8, 4) is 0 Å². The number of hydrogen-bond acceptors (Lipinski definition) is 10. The molecule has 0 unspecified atom stereocenters. The molecular weight excluding hydrogens is 375 g/mol. The van der Waals surface area contributed by atoms with Crippen LogP contribution in [0, 0.1) is 0 Å². The van der Waals surface area contributed by atoms with E-state index in [2.05, 4.69) is 15.0 Å². The van der Waals surface area contributed by atoms with Crippen LogP contribution in [-0.4, -0.2) is 49.3 Å². The van der Waals surface area contributed by atoms with Gasteiger partial charge in [-0.3, -0.25) is 4.57 Å². The van der Waals surface area contributed by atoms with Crippen LogP contribution in [-0.2, 0) is 14.0 Å². The van der Waals surface area contributed by atoms with Gasteiger partial charge < -0.3 is 34.7 Å². The van der Waals surface area contributed by atoms with Crippen molar-refractivity contribution in [3.05, 3.63) is 12.7 Å². The average Bonchev–Trinajstić information content (AvgIpc) is 2.99. The summed E-state index contributed by atoms with van der Waals surface area (Å²) in [5.74, 6) is 0.181. The second-order valence-corrected chi connectivity index (χ2v) is 6.66. The number of hydrogen-bond donors (Lipinski definition) is 2. The maximum Gasteiger partial charge on any atom is 1.00 e. The summed E-state index contributed by atoms with van der Waals surface area (Å²) in [6.45, 7) is 1.59. The Morgan fingerprint density at radius 3 is 2.72 bits per heavy atom. The van der Waals surface area contributed by atoms with E-state index < -0.39 is 38.5 Å². The summed E-state index contributed by atoms with van der Waals surface area (Å²) >= 11 is 0. The molecule has 0 aromatic carbocycles. The van der Waals surface area contributed by atoms with Crippen molar-refractivity contribution >= 4 is 24.6 Å². The summed E-state index contributed by atoms with van der Waals surface area (Å²) in [4.78, 5) is 33.3. The van der Waals surface area contributed by atoms with Crippen molar-refractivity contribution in [1.29, 1.82) is 0 Å². The van der Waals surface area contributed by atoms with Crippen LogP contribution in [0.25, 0.3) is 11.2 Å². The molecule has 0 spiro atoms. The van der Waals surface area contributed by atoms with E-state index >= 15 is 0 Å². The van der Waals surface area contributed by atoms with E-state index in [0.717, 1.165) is 0 Å². The van der Waals surface area contributed by atoms with E-state index in [-0.39, 0.29) is 64.9 Å². The number of nitrogens with zero attached hydrogens (tertiary/aromatic N) is 4. The van der Waals surface area contributed by atoms with Crippen LogP contribution in [0.1, 0.15) is 13.2 Å². The first-order valence-corrected chi connectivity index (χ1v) is 8.40. The van der Waals surface area contributed by atoms with Crippen molar-refractivity contribution in [1.82, 2.24) is 19.5 Å². The molecule has 0 radical (unpaired) electrons. The Morgan fingerprint density at radius 2 is 2.08 bits per heavy atom. The maximum atomic E-state index is 10.7. The summed E-state index contributed by atoms with van der Waals surface area (Å²) in [5, 5.41) is 10.3. The molecule has 14 heteroatoms. The number of aliphatic hydroxyl groups is 1. The topological polar surface area (TPSA) is 172 Å².